The number of rotatable bonds is 2. The molecule has 96 valence electrons. The molecule has 3 rings (SSSR count). The molecule has 0 bridgehead atoms. The Morgan fingerprint density at radius 1 is 1.39 bits per heavy atom. The summed E-state index contributed by atoms with van der Waals surface area (Å²) in [6.45, 7) is 1.19. The maximum atomic E-state index is 6.29. The Hall–Kier alpha value is -1.66. The van der Waals surface area contributed by atoms with E-state index in [0.717, 1.165) is 23.6 Å². The van der Waals surface area contributed by atoms with E-state index in [2.05, 4.69) is 15.0 Å². The fourth-order valence-electron chi connectivity index (χ4n) is 2.14. The number of imidazole rings is 1. The monoisotopic (exact) mass is 247 g/mol. The molecular formula is C12H17N5O. The average Bonchev–Trinajstić information content (AvgIpc) is 2.94. The van der Waals surface area contributed by atoms with Crippen LogP contribution in [0.25, 0.3) is 11.2 Å². The minimum Gasteiger partial charge on any atom is -0.379 e. The van der Waals surface area contributed by atoms with Crippen LogP contribution in [-0.4, -0.2) is 42.3 Å². The molecule has 0 aliphatic carbocycles. The summed E-state index contributed by atoms with van der Waals surface area (Å²) in [5.41, 5.74) is 7.40. The van der Waals surface area contributed by atoms with Gasteiger partial charge in [0.2, 0.25) is 0 Å². The third-order valence-electron chi connectivity index (χ3n) is 3.31. The molecule has 1 unspecified atom stereocenters. The van der Waals surface area contributed by atoms with Gasteiger partial charge in [0.05, 0.1) is 12.1 Å². The molecule has 18 heavy (non-hydrogen) atoms. The summed E-state index contributed by atoms with van der Waals surface area (Å²) in [7, 11) is 3.91. The second-order valence-electron chi connectivity index (χ2n) is 4.98. The Bertz CT molecular complexity index is 571. The van der Waals surface area contributed by atoms with E-state index in [1.807, 2.05) is 31.1 Å². The highest BCUT2D eigenvalue weighted by atomic mass is 16.5. The first-order valence-corrected chi connectivity index (χ1v) is 6.00. The topological polar surface area (TPSA) is 80.1 Å². The van der Waals surface area contributed by atoms with Gasteiger partial charge in [0.25, 0.3) is 0 Å². The number of aromatic amines is 1. The molecule has 1 aliphatic heterocycles. The van der Waals surface area contributed by atoms with E-state index < -0.39 is 5.54 Å². The maximum absolute atomic E-state index is 6.29. The number of nitrogens with zero attached hydrogens (tertiary/aromatic N) is 3. The van der Waals surface area contributed by atoms with Gasteiger partial charge in [-0.25, -0.2) is 9.97 Å². The quantitative estimate of drug-likeness (QED) is 0.812. The van der Waals surface area contributed by atoms with E-state index in [9.17, 15) is 0 Å². The van der Waals surface area contributed by atoms with Crippen LogP contribution in [0.2, 0.25) is 0 Å². The second kappa shape index (κ2) is 3.93. The number of aromatic nitrogens is 3. The van der Waals surface area contributed by atoms with E-state index in [1.54, 1.807) is 0 Å². The average molecular weight is 247 g/mol. The smallest absolute Gasteiger partial charge is 0.179 e. The van der Waals surface area contributed by atoms with Crippen molar-refractivity contribution in [1.82, 2.24) is 15.0 Å². The van der Waals surface area contributed by atoms with Crippen molar-refractivity contribution in [3.63, 3.8) is 0 Å². The van der Waals surface area contributed by atoms with Crippen LogP contribution in [0, 0.1) is 0 Å². The van der Waals surface area contributed by atoms with Gasteiger partial charge in [-0.3, -0.25) is 0 Å². The van der Waals surface area contributed by atoms with Crippen molar-refractivity contribution >= 4 is 17.0 Å². The van der Waals surface area contributed by atoms with Crippen molar-refractivity contribution in [2.45, 2.75) is 12.0 Å². The number of ether oxygens (including phenoxy) is 1. The van der Waals surface area contributed by atoms with E-state index >= 15 is 0 Å². The van der Waals surface area contributed by atoms with Crippen molar-refractivity contribution in [1.29, 1.82) is 0 Å². The molecule has 1 fully saturated rings. The summed E-state index contributed by atoms with van der Waals surface area (Å²) >= 11 is 0. The number of nitrogens with two attached hydrogens (primary N) is 1. The molecule has 1 saturated heterocycles. The van der Waals surface area contributed by atoms with Crippen molar-refractivity contribution in [3.05, 3.63) is 18.0 Å². The van der Waals surface area contributed by atoms with Gasteiger partial charge in [0.15, 0.2) is 5.65 Å². The van der Waals surface area contributed by atoms with E-state index in [1.165, 1.54) is 0 Å². The molecule has 0 aromatic carbocycles. The fraction of sp³-hybridized carbons (Fsp3) is 0.500. The van der Waals surface area contributed by atoms with Gasteiger partial charge in [0, 0.05) is 20.7 Å². The fourth-order valence-corrected chi connectivity index (χ4v) is 2.14. The largest absolute Gasteiger partial charge is 0.379 e. The Morgan fingerprint density at radius 2 is 2.22 bits per heavy atom. The van der Waals surface area contributed by atoms with Crippen molar-refractivity contribution in [3.8, 4) is 0 Å². The number of fused-ring (bicyclic) bond motifs is 1. The van der Waals surface area contributed by atoms with Gasteiger partial charge in [-0.05, 0) is 18.6 Å². The Kier molecular flexibility index (Phi) is 2.49. The Labute approximate surface area is 105 Å². The summed E-state index contributed by atoms with van der Waals surface area (Å²) in [5.74, 6) is 1.65. The van der Waals surface area contributed by atoms with Crippen LogP contribution in [0.1, 0.15) is 12.2 Å². The third kappa shape index (κ3) is 1.74. The van der Waals surface area contributed by atoms with E-state index in [-0.39, 0.29) is 0 Å². The number of hydrogen-bond donors (Lipinski definition) is 2. The molecule has 3 heterocycles. The molecule has 6 heteroatoms. The molecule has 0 saturated carbocycles. The zero-order chi connectivity index (χ0) is 12.8. The second-order valence-corrected chi connectivity index (χ2v) is 4.98. The highest BCUT2D eigenvalue weighted by Crippen LogP contribution is 2.27. The van der Waals surface area contributed by atoms with Gasteiger partial charge in [-0.15, -0.1) is 0 Å². The highest BCUT2D eigenvalue weighted by Gasteiger charge is 2.35. The molecule has 0 spiro atoms. The SMILES string of the molecule is CN(C)c1ccc2[nH]c(C3(N)CCOC3)nc2n1. The number of H-pyrrole nitrogens is 1. The van der Waals surface area contributed by atoms with Crippen LogP contribution < -0.4 is 10.6 Å². The summed E-state index contributed by atoms with van der Waals surface area (Å²) in [4.78, 5) is 14.2. The van der Waals surface area contributed by atoms with Crippen molar-refractivity contribution in [2.75, 3.05) is 32.2 Å². The summed E-state index contributed by atoms with van der Waals surface area (Å²) < 4.78 is 5.36. The molecular weight excluding hydrogens is 230 g/mol. The minimum absolute atomic E-state index is 0.501. The van der Waals surface area contributed by atoms with Crippen LogP contribution in [0.5, 0.6) is 0 Å². The van der Waals surface area contributed by atoms with Crippen LogP contribution >= 0.6 is 0 Å². The van der Waals surface area contributed by atoms with Gasteiger partial charge in [0.1, 0.15) is 17.2 Å². The minimum atomic E-state index is -0.501. The summed E-state index contributed by atoms with van der Waals surface area (Å²) in [6, 6.07) is 3.94. The van der Waals surface area contributed by atoms with Gasteiger partial charge in [-0.1, -0.05) is 0 Å². The van der Waals surface area contributed by atoms with Crippen LogP contribution in [0.4, 0.5) is 5.82 Å². The Morgan fingerprint density at radius 3 is 2.89 bits per heavy atom. The lowest BCUT2D eigenvalue weighted by Gasteiger charge is -2.17. The van der Waals surface area contributed by atoms with E-state index in [4.69, 9.17) is 10.5 Å². The lowest BCUT2D eigenvalue weighted by molar-refractivity contribution is 0.176. The van der Waals surface area contributed by atoms with Crippen molar-refractivity contribution in [2.24, 2.45) is 5.73 Å². The summed E-state index contributed by atoms with van der Waals surface area (Å²) in [5, 5.41) is 0. The lowest BCUT2D eigenvalue weighted by atomic mass is 10.00. The number of hydrogen-bond acceptors (Lipinski definition) is 5. The van der Waals surface area contributed by atoms with Gasteiger partial charge in [-0.2, -0.15) is 0 Å². The van der Waals surface area contributed by atoms with Crippen molar-refractivity contribution < 1.29 is 4.74 Å². The molecule has 3 N–H and O–H groups in total. The first-order valence-electron chi connectivity index (χ1n) is 6.00. The van der Waals surface area contributed by atoms with Crippen LogP contribution in [0.3, 0.4) is 0 Å². The molecule has 1 atom stereocenters. The lowest BCUT2D eigenvalue weighted by Crippen LogP contribution is -2.38. The summed E-state index contributed by atoms with van der Waals surface area (Å²) in [6.07, 6.45) is 0.785. The Balaban J connectivity index is 2.05. The van der Waals surface area contributed by atoms with Gasteiger partial charge >= 0.3 is 0 Å². The third-order valence-corrected chi connectivity index (χ3v) is 3.31. The van der Waals surface area contributed by atoms with E-state index in [0.29, 0.717) is 18.9 Å². The first kappa shape index (κ1) is 11.4. The predicted octanol–water partition coefficient (Wildman–Crippen LogP) is 0.598. The highest BCUT2D eigenvalue weighted by molar-refractivity contribution is 5.73. The molecule has 2 aromatic heterocycles. The van der Waals surface area contributed by atoms with Crippen LogP contribution in [0.15, 0.2) is 12.1 Å². The molecule has 6 nitrogen and oxygen atoms in total. The standard InChI is InChI=1S/C12H17N5O/c1-17(2)9-4-3-8-10(15-9)16-11(14-8)12(13)5-6-18-7-12/h3-4H,5-7,13H2,1-2H3,(H,14,15,16). The first-order chi connectivity index (χ1) is 8.58. The molecule has 0 radical (unpaired) electrons. The molecule has 2 aromatic rings. The maximum Gasteiger partial charge on any atom is 0.179 e. The van der Waals surface area contributed by atoms with Gasteiger partial charge < -0.3 is 20.4 Å². The number of nitrogens with one attached hydrogen (secondary N) is 1. The predicted molar refractivity (Wildman–Crippen MR) is 69.5 cm³/mol. The zero-order valence-electron chi connectivity index (χ0n) is 10.6. The molecule has 1 aliphatic rings. The zero-order valence-corrected chi connectivity index (χ0v) is 10.6. The number of pyridine rings is 1. The molecule has 0 amide bonds. The normalized spacial score (nSPS) is 23.7. The number of anilines is 1. The van der Waals surface area contributed by atoms with Crippen LogP contribution in [-0.2, 0) is 10.3 Å².